The van der Waals surface area contributed by atoms with E-state index in [9.17, 15) is 9.90 Å². The standard InChI is InChI=1S/C24H29NO2/c1-15-13-17-18(23(4,5)10-9-22(17,2)3)14-16(15)24(11-12-24)20-8-6-7-19(25-20)21(26)27/h6-8,13-14H,9-12H2,1-5H3,(H,26,27). The number of hydrogen-bond acceptors (Lipinski definition) is 2. The number of aromatic nitrogens is 1. The molecule has 0 spiro atoms. The Hall–Kier alpha value is -2.16. The van der Waals surface area contributed by atoms with E-state index in [1.807, 2.05) is 12.1 Å². The lowest BCUT2D eigenvalue weighted by molar-refractivity contribution is 0.0690. The molecule has 0 atom stereocenters. The molecule has 0 amide bonds. The van der Waals surface area contributed by atoms with Crippen LogP contribution in [0.2, 0.25) is 0 Å². The van der Waals surface area contributed by atoms with Crippen molar-refractivity contribution in [1.29, 1.82) is 0 Å². The lowest BCUT2D eigenvalue weighted by Gasteiger charge is -2.43. The first-order valence-electron chi connectivity index (χ1n) is 9.94. The first-order chi connectivity index (χ1) is 12.6. The maximum Gasteiger partial charge on any atom is 0.354 e. The molecule has 0 radical (unpaired) electrons. The molecule has 3 heteroatoms. The van der Waals surface area contributed by atoms with Crippen LogP contribution in [0.15, 0.2) is 30.3 Å². The molecule has 0 aliphatic heterocycles. The fourth-order valence-electron chi connectivity index (χ4n) is 4.85. The second kappa shape index (κ2) is 5.67. The molecule has 1 heterocycles. The summed E-state index contributed by atoms with van der Waals surface area (Å²) in [5, 5.41) is 9.34. The number of carboxylic acids is 1. The summed E-state index contributed by atoms with van der Waals surface area (Å²) in [6.45, 7) is 11.6. The van der Waals surface area contributed by atoms with E-state index in [4.69, 9.17) is 0 Å². The quantitative estimate of drug-likeness (QED) is 0.781. The van der Waals surface area contributed by atoms with Crippen LogP contribution in [0.4, 0.5) is 0 Å². The zero-order valence-corrected chi connectivity index (χ0v) is 17.0. The van der Waals surface area contributed by atoms with Gasteiger partial charge in [-0.15, -0.1) is 0 Å². The third kappa shape index (κ3) is 2.79. The summed E-state index contributed by atoms with van der Waals surface area (Å²) in [6.07, 6.45) is 4.47. The lowest BCUT2D eigenvalue weighted by atomic mass is 9.62. The van der Waals surface area contributed by atoms with Crippen LogP contribution in [-0.2, 0) is 16.2 Å². The van der Waals surface area contributed by atoms with Crippen LogP contribution in [-0.4, -0.2) is 16.1 Å². The number of aryl methyl sites for hydroxylation is 1. The van der Waals surface area contributed by atoms with Crippen molar-refractivity contribution in [1.82, 2.24) is 4.98 Å². The molecule has 3 nitrogen and oxygen atoms in total. The van der Waals surface area contributed by atoms with E-state index in [2.05, 4.69) is 51.7 Å². The van der Waals surface area contributed by atoms with Gasteiger partial charge in [-0.2, -0.15) is 0 Å². The van der Waals surface area contributed by atoms with Gasteiger partial charge in [0.2, 0.25) is 0 Å². The van der Waals surface area contributed by atoms with Crippen LogP contribution < -0.4 is 0 Å². The molecule has 1 saturated carbocycles. The maximum atomic E-state index is 11.4. The molecule has 2 aliphatic rings. The van der Waals surface area contributed by atoms with E-state index in [1.165, 1.54) is 35.1 Å². The van der Waals surface area contributed by atoms with Crippen molar-refractivity contribution in [2.24, 2.45) is 0 Å². The summed E-state index contributed by atoms with van der Waals surface area (Å²) in [7, 11) is 0. The summed E-state index contributed by atoms with van der Waals surface area (Å²) >= 11 is 0. The number of aromatic carboxylic acids is 1. The van der Waals surface area contributed by atoms with E-state index in [0.29, 0.717) is 0 Å². The molecule has 0 saturated heterocycles. The van der Waals surface area contributed by atoms with E-state index >= 15 is 0 Å². The maximum absolute atomic E-state index is 11.4. The summed E-state index contributed by atoms with van der Waals surface area (Å²) in [4.78, 5) is 15.9. The smallest absolute Gasteiger partial charge is 0.354 e. The minimum absolute atomic E-state index is 0.123. The van der Waals surface area contributed by atoms with Gasteiger partial charge in [-0.3, -0.25) is 0 Å². The third-order valence-corrected chi connectivity index (χ3v) is 6.92. The van der Waals surface area contributed by atoms with Crippen LogP contribution in [0, 0.1) is 6.92 Å². The van der Waals surface area contributed by atoms with E-state index < -0.39 is 5.97 Å². The van der Waals surface area contributed by atoms with Crippen molar-refractivity contribution in [3.8, 4) is 0 Å². The molecule has 142 valence electrons. The van der Waals surface area contributed by atoms with Crippen molar-refractivity contribution in [2.45, 2.75) is 76.5 Å². The van der Waals surface area contributed by atoms with Crippen molar-refractivity contribution < 1.29 is 9.90 Å². The molecule has 1 N–H and O–H groups in total. The topological polar surface area (TPSA) is 50.2 Å². The van der Waals surface area contributed by atoms with Gasteiger partial charge < -0.3 is 5.11 Å². The van der Waals surface area contributed by atoms with Gasteiger partial charge in [0.05, 0.1) is 5.69 Å². The monoisotopic (exact) mass is 363 g/mol. The Labute approximate surface area is 161 Å². The highest BCUT2D eigenvalue weighted by atomic mass is 16.4. The van der Waals surface area contributed by atoms with Crippen LogP contribution in [0.1, 0.15) is 91.8 Å². The minimum atomic E-state index is -0.960. The number of hydrogen-bond donors (Lipinski definition) is 1. The molecule has 2 aromatic rings. The van der Waals surface area contributed by atoms with Gasteiger partial charge in [0.1, 0.15) is 5.69 Å². The Bertz CT molecular complexity index is 935. The molecule has 2 aliphatic carbocycles. The van der Waals surface area contributed by atoms with Crippen LogP contribution in [0.3, 0.4) is 0 Å². The highest BCUT2D eigenvalue weighted by Crippen LogP contribution is 2.56. The molecule has 4 rings (SSSR count). The number of carboxylic acid groups (broad SMARTS) is 1. The normalized spacial score (nSPS) is 21.4. The van der Waals surface area contributed by atoms with E-state index in [1.54, 1.807) is 6.07 Å². The SMILES string of the molecule is Cc1cc2c(cc1C1(c3cccc(C(=O)O)n3)CC1)C(C)(C)CCC2(C)C. The van der Waals surface area contributed by atoms with Gasteiger partial charge in [0, 0.05) is 5.41 Å². The van der Waals surface area contributed by atoms with Gasteiger partial charge in [0.15, 0.2) is 0 Å². The fourth-order valence-corrected chi connectivity index (χ4v) is 4.85. The first-order valence-corrected chi connectivity index (χ1v) is 9.94. The largest absolute Gasteiger partial charge is 0.477 e. The average molecular weight is 364 g/mol. The number of pyridine rings is 1. The van der Waals surface area contributed by atoms with Gasteiger partial charge in [0.25, 0.3) is 0 Å². The number of nitrogens with zero attached hydrogens (tertiary/aromatic N) is 1. The Balaban J connectivity index is 1.88. The molecule has 1 fully saturated rings. The fraction of sp³-hybridized carbons (Fsp3) is 0.500. The van der Waals surface area contributed by atoms with Gasteiger partial charge in [-0.25, -0.2) is 9.78 Å². The number of carbonyl (C=O) groups is 1. The molecule has 1 aromatic carbocycles. The number of fused-ring (bicyclic) bond motifs is 1. The highest BCUT2D eigenvalue weighted by molar-refractivity contribution is 5.85. The average Bonchev–Trinajstić information content (AvgIpc) is 3.41. The summed E-state index contributed by atoms with van der Waals surface area (Å²) < 4.78 is 0. The highest BCUT2D eigenvalue weighted by Gasteiger charge is 2.49. The van der Waals surface area contributed by atoms with Gasteiger partial charge in [-0.05, 0) is 77.8 Å². The number of benzene rings is 1. The van der Waals surface area contributed by atoms with Crippen LogP contribution >= 0.6 is 0 Å². The second-order valence-electron chi connectivity index (χ2n) is 9.78. The van der Waals surface area contributed by atoms with Crippen molar-refractivity contribution in [3.63, 3.8) is 0 Å². The van der Waals surface area contributed by atoms with Crippen molar-refractivity contribution in [3.05, 3.63) is 64.0 Å². The molecular formula is C24H29NO2. The molecule has 0 bridgehead atoms. The summed E-state index contributed by atoms with van der Waals surface area (Å²) in [6, 6.07) is 10.2. The number of rotatable bonds is 3. The van der Waals surface area contributed by atoms with Crippen LogP contribution in [0.5, 0.6) is 0 Å². The minimum Gasteiger partial charge on any atom is -0.477 e. The Morgan fingerprint density at radius 1 is 0.926 bits per heavy atom. The van der Waals surface area contributed by atoms with E-state index in [0.717, 1.165) is 18.5 Å². The Morgan fingerprint density at radius 3 is 2.07 bits per heavy atom. The van der Waals surface area contributed by atoms with Crippen molar-refractivity contribution >= 4 is 5.97 Å². The summed E-state index contributed by atoms with van der Waals surface area (Å²) in [5.41, 5.74) is 6.85. The predicted molar refractivity (Wildman–Crippen MR) is 108 cm³/mol. The second-order valence-corrected chi connectivity index (χ2v) is 9.78. The molecular weight excluding hydrogens is 334 g/mol. The summed E-state index contributed by atoms with van der Waals surface area (Å²) in [5.74, 6) is -0.960. The predicted octanol–water partition coefficient (Wildman–Crippen LogP) is 5.52. The molecule has 1 aromatic heterocycles. The van der Waals surface area contributed by atoms with Crippen LogP contribution in [0.25, 0.3) is 0 Å². The zero-order valence-electron chi connectivity index (χ0n) is 17.0. The molecule has 0 unspecified atom stereocenters. The Morgan fingerprint density at radius 2 is 1.52 bits per heavy atom. The van der Waals surface area contributed by atoms with Crippen molar-refractivity contribution in [2.75, 3.05) is 0 Å². The van der Waals surface area contributed by atoms with Gasteiger partial charge >= 0.3 is 5.97 Å². The first kappa shape index (κ1) is 18.2. The lowest BCUT2D eigenvalue weighted by Crippen LogP contribution is -2.34. The molecule has 27 heavy (non-hydrogen) atoms. The zero-order chi connectivity index (χ0) is 19.6. The van der Waals surface area contributed by atoms with E-state index in [-0.39, 0.29) is 21.9 Å². The third-order valence-electron chi connectivity index (χ3n) is 6.92. The van der Waals surface area contributed by atoms with Gasteiger partial charge in [-0.1, -0.05) is 45.9 Å². The Kier molecular flexibility index (Phi) is 3.82.